The van der Waals surface area contributed by atoms with Gasteiger partial charge in [0, 0.05) is 5.56 Å². The number of hydrogen-bond donors (Lipinski definition) is 0. The van der Waals surface area contributed by atoms with Crippen molar-refractivity contribution in [3.63, 3.8) is 0 Å². The second-order valence-electron chi connectivity index (χ2n) is 7.71. The smallest absolute Gasteiger partial charge is 0.0927 e. The lowest BCUT2D eigenvalue weighted by Gasteiger charge is -2.14. The lowest BCUT2D eigenvalue weighted by Crippen LogP contribution is -2.01. The minimum absolute atomic E-state index is 0.294. The first-order valence-electron chi connectivity index (χ1n) is 10.1. The van der Waals surface area contributed by atoms with Gasteiger partial charge >= 0.3 is 0 Å². The first kappa shape index (κ1) is 17.6. The molecule has 0 radical (unpaired) electrons. The Morgan fingerprint density at radius 2 is 1.28 bits per heavy atom. The molecule has 0 aliphatic rings. The van der Waals surface area contributed by atoms with E-state index in [9.17, 15) is 0 Å². The van der Waals surface area contributed by atoms with Crippen molar-refractivity contribution in [1.29, 1.82) is 0 Å². The lowest BCUT2D eigenvalue weighted by molar-refractivity contribution is 0.826. The van der Waals surface area contributed by atoms with E-state index in [-0.39, 0.29) is 0 Å². The van der Waals surface area contributed by atoms with Gasteiger partial charge in [-0.2, -0.15) is 0 Å². The number of benzene rings is 4. The highest BCUT2D eigenvalue weighted by molar-refractivity contribution is 6.03. The van der Waals surface area contributed by atoms with Gasteiger partial charge in [0.15, 0.2) is 0 Å². The van der Waals surface area contributed by atoms with E-state index in [0.29, 0.717) is 5.92 Å². The zero-order valence-electron chi connectivity index (χ0n) is 16.6. The van der Waals surface area contributed by atoms with Gasteiger partial charge < -0.3 is 0 Å². The number of nitrogens with zero attached hydrogens (tertiary/aromatic N) is 2. The highest BCUT2D eigenvalue weighted by Gasteiger charge is 2.15. The molecule has 0 bridgehead atoms. The molecule has 1 heterocycles. The summed E-state index contributed by atoms with van der Waals surface area (Å²) >= 11 is 0. The van der Waals surface area contributed by atoms with Crippen molar-refractivity contribution in [3.8, 4) is 22.4 Å². The molecule has 0 N–H and O–H groups in total. The van der Waals surface area contributed by atoms with Crippen molar-refractivity contribution in [2.75, 3.05) is 0 Å². The summed E-state index contributed by atoms with van der Waals surface area (Å²) in [6.07, 6.45) is 0. The average molecular weight is 374 g/mol. The van der Waals surface area contributed by atoms with Gasteiger partial charge in [0.25, 0.3) is 0 Å². The number of hydrogen-bond acceptors (Lipinski definition) is 2. The monoisotopic (exact) mass is 374 g/mol. The van der Waals surface area contributed by atoms with E-state index in [1.54, 1.807) is 0 Å². The minimum Gasteiger partial charge on any atom is -0.249 e. The topological polar surface area (TPSA) is 25.8 Å². The highest BCUT2D eigenvalue weighted by atomic mass is 14.8. The number of aromatic nitrogens is 2. The van der Waals surface area contributed by atoms with Crippen LogP contribution in [0.3, 0.4) is 0 Å². The van der Waals surface area contributed by atoms with Gasteiger partial charge in [-0.05, 0) is 39.9 Å². The Morgan fingerprint density at radius 1 is 0.621 bits per heavy atom. The van der Waals surface area contributed by atoms with E-state index in [4.69, 9.17) is 9.97 Å². The van der Waals surface area contributed by atoms with Crippen molar-refractivity contribution in [3.05, 3.63) is 96.7 Å². The van der Waals surface area contributed by atoms with Crippen LogP contribution in [0.25, 0.3) is 44.2 Å². The quantitative estimate of drug-likeness (QED) is 0.311. The fourth-order valence-corrected chi connectivity index (χ4v) is 3.92. The molecule has 5 aromatic rings. The van der Waals surface area contributed by atoms with Crippen LogP contribution in [-0.4, -0.2) is 9.97 Å². The first-order chi connectivity index (χ1) is 14.2. The molecule has 0 atom stereocenters. The van der Waals surface area contributed by atoms with E-state index in [1.165, 1.54) is 21.9 Å². The van der Waals surface area contributed by atoms with Crippen LogP contribution < -0.4 is 0 Å². The van der Waals surface area contributed by atoms with E-state index >= 15 is 0 Å². The van der Waals surface area contributed by atoms with Gasteiger partial charge in [-0.3, -0.25) is 0 Å². The van der Waals surface area contributed by atoms with Crippen molar-refractivity contribution in [1.82, 2.24) is 9.97 Å². The van der Waals surface area contributed by atoms with Gasteiger partial charge in [-0.1, -0.05) is 92.7 Å². The zero-order chi connectivity index (χ0) is 19.8. The lowest BCUT2D eigenvalue weighted by atomic mass is 9.97. The molecular formula is C27H22N2. The van der Waals surface area contributed by atoms with Gasteiger partial charge in [0.1, 0.15) is 0 Å². The van der Waals surface area contributed by atoms with Crippen LogP contribution in [0, 0.1) is 0 Å². The maximum atomic E-state index is 5.07. The van der Waals surface area contributed by atoms with Gasteiger partial charge in [-0.25, -0.2) is 9.97 Å². The van der Waals surface area contributed by atoms with E-state index in [0.717, 1.165) is 28.0 Å². The summed E-state index contributed by atoms with van der Waals surface area (Å²) in [6, 6.07) is 31.7. The maximum absolute atomic E-state index is 5.07. The third-order valence-electron chi connectivity index (χ3n) is 5.37. The molecule has 0 saturated carbocycles. The summed E-state index contributed by atoms with van der Waals surface area (Å²) in [4.78, 5) is 10.1. The Balaban J connectivity index is 1.79. The van der Waals surface area contributed by atoms with Crippen LogP contribution >= 0.6 is 0 Å². The third kappa shape index (κ3) is 3.17. The first-order valence-corrected chi connectivity index (χ1v) is 10.1. The van der Waals surface area contributed by atoms with Crippen LogP contribution in [0.4, 0.5) is 0 Å². The largest absolute Gasteiger partial charge is 0.249 e. The molecule has 0 saturated heterocycles. The SMILES string of the molecule is CC(C)c1nc2cc3c(-c4ccccc4)cccc3cc2nc1-c1ccccc1. The molecular weight excluding hydrogens is 352 g/mol. The van der Waals surface area contributed by atoms with Crippen molar-refractivity contribution in [2.24, 2.45) is 0 Å². The normalized spacial score (nSPS) is 11.4. The molecule has 2 heteroatoms. The molecule has 0 amide bonds. The van der Waals surface area contributed by atoms with E-state index < -0.39 is 0 Å². The summed E-state index contributed by atoms with van der Waals surface area (Å²) in [5.41, 5.74) is 7.46. The molecule has 0 aliphatic heterocycles. The predicted octanol–water partition coefficient (Wildman–Crippen LogP) is 7.24. The Morgan fingerprint density at radius 3 is 1.97 bits per heavy atom. The molecule has 1 aromatic heterocycles. The average Bonchev–Trinajstić information content (AvgIpc) is 2.77. The number of rotatable bonds is 3. The van der Waals surface area contributed by atoms with E-state index in [2.05, 4.69) is 98.8 Å². The second-order valence-corrected chi connectivity index (χ2v) is 7.71. The zero-order valence-corrected chi connectivity index (χ0v) is 16.6. The van der Waals surface area contributed by atoms with Gasteiger partial charge in [0.05, 0.1) is 22.4 Å². The van der Waals surface area contributed by atoms with Crippen LogP contribution in [0.15, 0.2) is 91.0 Å². The summed E-state index contributed by atoms with van der Waals surface area (Å²) in [7, 11) is 0. The maximum Gasteiger partial charge on any atom is 0.0927 e. The summed E-state index contributed by atoms with van der Waals surface area (Å²) in [6.45, 7) is 4.36. The molecule has 4 aromatic carbocycles. The van der Waals surface area contributed by atoms with Crippen molar-refractivity contribution < 1.29 is 0 Å². The van der Waals surface area contributed by atoms with Crippen molar-refractivity contribution >= 4 is 21.8 Å². The molecule has 0 unspecified atom stereocenters. The molecule has 29 heavy (non-hydrogen) atoms. The van der Waals surface area contributed by atoms with Crippen molar-refractivity contribution in [2.45, 2.75) is 19.8 Å². The molecule has 2 nitrogen and oxygen atoms in total. The highest BCUT2D eigenvalue weighted by Crippen LogP contribution is 2.33. The van der Waals surface area contributed by atoms with Gasteiger partial charge in [-0.15, -0.1) is 0 Å². The Hall–Kier alpha value is -3.52. The minimum atomic E-state index is 0.294. The fourth-order valence-electron chi connectivity index (χ4n) is 3.92. The van der Waals surface area contributed by atoms with Crippen LogP contribution in [0.5, 0.6) is 0 Å². The molecule has 5 rings (SSSR count). The van der Waals surface area contributed by atoms with Crippen LogP contribution in [0.1, 0.15) is 25.5 Å². The Labute approximate surface area is 170 Å². The summed E-state index contributed by atoms with van der Waals surface area (Å²) < 4.78 is 0. The molecule has 140 valence electrons. The predicted molar refractivity (Wildman–Crippen MR) is 122 cm³/mol. The standard InChI is InChI=1S/C27H22N2/c1-18(2)26-27(20-12-7-4-8-13-20)29-24-16-21-14-9-15-22(19-10-5-3-6-11-19)23(21)17-25(24)28-26/h3-18H,1-2H3. The summed E-state index contributed by atoms with van der Waals surface area (Å²) in [5, 5.41) is 2.40. The van der Waals surface area contributed by atoms with Crippen LogP contribution in [-0.2, 0) is 0 Å². The van der Waals surface area contributed by atoms with Crippen LogP contribution in [0.2, 0.25) is 0 Å². The number of fused-ring (bicyclic) bond motifs is 2. The molecule has 0 aliphatic carbocycles. The third-order valence-corrected chi connectivity index (χ3v) is 5.37. The second kappa shape index (κ2) is 7.14. The molecule has 0 fully saturated rings. The summed E-state index contributed by atoms with van der Waals surface area (Å²) in [5.74, 6) is 0.294. The van der Waals surface area contributed by atoms with Gasteiger partial charge in [0.2, 0.25) is 0 Å². The molecule has 0 spiro atoms. The Kier molecular flexibility index (Phi) is 4.33. The van der Waals surface area contributed by atoms with E-state index in [1.807, 2.05) is 6.07 Å². The fraction of sp³-hybridized carbons (Fsp3) is 0.111. The Bertz CT molecular complexity index is 1310.